The fraction of sp³-hybridized carbons (Fsp3) is 1.00. The van der Waals surface area contributed by atoms with Crippen molar-refractivity contribution in [1.29, 1.82) is 0 Å². The van der Waals surface area contributed by atoms with E-state index in [1.165, 1.54) is 12.8 Å². The summed E-state index contributed by atoms with van der Waals surface area (Å²) < 4.78 is 0. The summed E-state index contributed by atoms with van der Waals surface area (Å²) in [6.07, 6.45) is 2.47. The summed E-state index contributed by atoms with van der Waals surface area (Å²) in [5, 5.41) is 6.03. The van der Waals surface area contributed by atoms with E-state index in [1.54, 1.807) is 0 Å². The highest BCUT2D eigenvalue weighted by Gasteiger charge is 1.65. The van der Waals surface area contributed by atoms with Crippen molar-refractivity contribution in [1.82, 2.24) is 10.6 Å². The second kappa shape index (κ2) is 16.0. The molecule has 0 aromatic heterocycles. The zero-order valence-corrected chi connectivity index (χ0v) is 7.83. The summed E-state index contributed by atoms with van der Waals surface area (Å²) in [4.78, 5) is 0. The lowest BCUT2D eigenvalue weighted by Crippen LogP contribution is -2.04. The number of rotatable bonds is 4. The zero-order valence-electron chi connectivity index (χ0n) is 7.83. The van der Waals surface area contributed by atoms with Crippen LogP contribution in [0.25, 0.3) is 0 Å². The molecular formula is C8H22N2. The predicted octanol–water partition coefficient (Wildman–Crippen LogP) is 1.23. The third-order valence-corrected chi connectivity index (χ3v) is 1.000. The third-order valence-electron chi connectivity index (χ3n) is 1.000. The van der Waals surface area contributed by atoms with Gasteiger partial charge in [-0.2, -0.15) is 0 Å². The van der Waals surface area contributed by atoms with E-state index in [1.807, 2.05) is 14.1 Å². The second-order valence-corrected chi connectivity index (χ2v) is 2.21. The average molecular weight is 146 g/mol. The molecular weight excluding hydrogens is 124 g/mol. The van der Waals surface area contributed by atoms with Gasteiger partial charge in [0.25, 0.3) is 0 Å². The quantitative estimate of drug-likeness (QED) is 0.623. The Balaban J connectivity index is 0. The van der Waals surface area contributed by atoms with Gasteiger partial charge in [-0.15, -0.1) is 0 Å². The fourth-order valence-corrected chi connectivity index (χ4v) is 0.500. The van der Waals surface area contributed by atoms with Crippen molar-refractivity contribution in [2.45, 2.75) is 26.7 Å². The van der Waals surface area contributed by atoms with Gasteiger partial charge in [0, 0.05) is 0 Å². The van der Waals surface area contributed by atoms with Gasteiger partial charge in [0.15, 0.2) is 0 Å². The highest BCUT2D eigenvalue weighted by Crippen LogP contribution is 1.62. The van der Waals surface area contributed by atoms with Crippen LogP contribution in [0, 0.1) is 0 Å². The highest BCUT2D eigenvalue weighted by molar-refractivity contribution is 4.28. The zero-order chi connectivity index (χ0) is 8.24. The van der Waals surface area contributed by atoms with E-state index >= 15 is 0 Å². The Morgan fingerprint density at radius 3 is 1.10 bits per heavy atom. The molecule has 0 fully saturated rings. The Labute approximate surface area is 65.4 Å². The molecule has 64 valence electrons. The maximum absolute atomic E-state index is 3.02. The van der Waals surface area contributed by atoms with E-state index in [9.17, 15) is 0 Å². The Bertz CT molecular complexity index is 28.2. The van der Waals surface area contributed by atoms with Crippen molar-refractivity contribution in [2.24, 2.45) is 0 Å². The van der Waals surface area contributed by atoms with Crippen molar-refractivity contribution < 1.29 is 0 Å². The minimum absolute atomic E-state index is 1.14. The molecule has 0 radical (unpaired) electrons. The Kier molecular flexibility index (Phi) is 20.1. The summed E-state index contributed by atoms with van der Waals surface area (Å²) in [6, 6.07) is 0. The molecule has 2 nitrogen and oxygen atoms in total. The summed E-state index contributed by atoms with van der Waals surface area (Å²) in [7, 11) is 3.92. The van der Waals surface area contributed by atoms with Crippen molar-refractivity contribution in [2.75, 3.05) is 27.2 Å². The molecule has 2 N–H and O–H groups in total. The molecule has 0 saturated heterocycles. The first-order chi connectivity index (χ1) is 4.83. The maximum Gasteiger partial charge on any atom is -0.00546 e. The lowest BCUT2D eigenvalue weighted by atomic mass is 10.5. The van der Waals surface area contributed by atoms with Gasteiger partial charge in [-0.3, -0.25) is 0 Å². The third kappa shape index (κ3) is 24.7. The SMILES string of the molecule is CCCNC.CCCNC. The van der Waals surface area contributed by atoms with E-state index in [4.69, 9.17) is 0 Å². The number of nitrogens with one attached hydrogen (secondary N) is 2. The van der Waals surface area contributed by atoms with Crippen LogP contribution in [0.15, 0.2) is 0 Å². The highest BCUT2D eigenvalue weighted by atomic mass is 14.8. The standard InChI is InChI=1S/2C4H11N/c2*1-3-4-5-2/h2*5H,3-4H2,1-2H3. The minimum atomic E-state index is 1.14. The fourth-order valence-electron chi connectivity index (χ4n) is 0.500. The Morgan fingerprint density at radius 2 is 1.10 bits per heavy atom. The summed E-state index contributed by atoms with van der Waals surface area (Å²) in [6.45, 7) is 6.58. The number of hydrogen-bond donors (Lipinski definition) is 2. The minimum Gasteiger partial charge on any atom is -0.320 e. The van der Waals surface area contributed by atoms with Crippen LogP contribution >= 0.6 is 0 Å². The van der Waals surface area contributed by atoms with Gasteiger partial charge in [-0.25, -0.2) is 0 Å². The van der Waals surface area contributed by atoms with Gasteiger partial charge < -0.3 is 10.6 Å². The van der Waals surface area contributed by atoms with E-state index in [0.717, 1.165) is 13.1 Å². The molecule has 0 bridgehead atoms. The van der Waals surface area contributed by atoms with Gasteiger partial charge in [0.2, 0.25) is 0 Å². The smallest absolute Gasteiger partial charge is 0.00546 e. The first kappa shape index (κ1) is 12.6. The Morgan fingerprint density at radius 1 is 0.800 bits per heavy atom. The molecule has 2 heteroatoms. The topological polar surface area (TPSA) is 24.1 Å². The van der Waals surface area contributed by atoms with Gasteiger partial charge in [0.05, 0.1) is 0 Å². The van der Waals surface area contributed by atoms with Crippen molar-refractivity contribution in [3.05, 3.63) is 0 Å². The molecule has 0 aliphatic carbocycles. The molecule has 0 aliphatic rings. The Hall–Kier alpha value is -0.0800. The average Bonchev–Trinajstić information content (AvgIpc) is 1.93. The van der Waals surface area contributed by atoms with E-state index in [0.29, 0.717) is 0 Å². The second-order valence-electron chi connectivity index (χ2n) is 2.21. The van der Waals surface area contributed by atoms with Crippen LogP contribution in [0.1, 0.15) is 26.7 Å². The molecule has 0 aromatic carbocycles. The van der Waals surface area contributed by atoms with Crippen LogP contribution in [0.3, 0.4) is 0 Å². The van der Waals surface area contributed by atoms with Crippen LogP contribution in [-0.4, -0.2) is 27.2 Å². The van der Waals surface area contributed by atoms with Crippen LogP contribution in [0.2, 0.25) is 0 Å². The lowest BCUT2D eigenvalue weighted by Gasteiger charge is -1.84. The van der Waals surface area contributed by atoms with Gasteiger partial charge in [-0.1, -0.05) is 13.8 Å². The van der Waals surface area contributed by atoms with E-state index in [2.05, 4.69) is 24.5 Å². The maximum atomic E-state index is 3.02. The monoisotopic (exact) mass is 146 g/mol. The van der Waals surface area contributed by atoms with Crippen molar-refractivity contribution >= 4 is 0 Å². The molecule has 0 aliphatic heterocycles. The molecule has 0 aromatic rings. The molecule has 10 heavy (non-hydrogen) atoms. The van der Waals surface area contributed by atoms with Gasteiger partial charge >= 0.3 is 0 Å². The number of hydrogen-bond acceptors (Lipinski definition) is 2. The first-order valence-electron chi connectivity index (χ1n) is 4.12. The molecule has 0 rings (SSSR count). The van der Waals surface area contributed by atoms with Crippen molar-refractivity contribution in [3.8, 4) is 0 Å². The predicted molar refractivity (Wildman–Crippen MR) is 48.4 cm³/mol. The van der Waals surface area contributed by atoms with E-state index < -0.39 is 0 Å². The summed E-state index contributed by atoms with van der Waals surface area (Å²) in [5.74, 6) is 0. The largest absolute Gasteiger partial charge is 0.320 e. The molecule has 0 heterocycles. The lowest BCUT2D eigenvalue weighted by molar-refractivity contribution is 0.772. The first-order valence-corrected chi connectivity index (χ1v) is 4.12. The summed E-state index contributed by atoms with van der Waals surface area (Å²) >= 11 is 0. The summed E-state index contributed by atoms with van der Waals surface area (Å²) in [5.41, 5.74) is 0. The molecule has 0 unspecified atom stereocenters. The van der Waals surface area contributed by atoms with Crippen molar-refractivity contribution in [3.63, 3.8) is 0 Å². The molecule has 0 spiro atoms. The molecule has 0 saturated carbocycles. The van der Waals surface area contributed by atoms with Crippen LogP contribution < -0.4 is 10.6 Å². The van der Waals surface area contributed by atoms with Gasteiger partial charge in [0.1, 0.15) is 0 Å². The van der Waals surface area contributed by atoms with Gasteiger partial charge in [-0.05, 0) is 40.0 Å². The van der Waals surface area contributed by atoms with Crippen LogP contribution in [-0.2, 0) is 0 Å². The van der Waals surface area contributed by atoms with E-state index in [-0.39, 0.29) is 0 Å². The van der Waals surface area contributed by atoms with Crippen LogP contribution in [0.4, 0.5) is 0 Å². The molecule has 0 amide bonds. The normalized spacial score (nSPS) is 8.40. The molecule has 0 atom stereocenters. The van der Waals surface area contributed by atoms with Crippen LogP contribution in [0.5, 0.6) is 0 Å².